The quantitative estimate of drug-likeness (QED) is 0.142. The first-order valence-electron chi connectivity index (χ1n) is 20.5. The third-order valence-corrected chi connectivity index (χ3v) is 13.0. The summed E-state index contributed by atoms with van der Waals surface area (Å²) >= 11 is 1.84. The van der Waals surface area contributed by atoms with E-state index in [1.807, 2.05) is 11.8 Å². The average molecular weight is 785 g/mol. The second-order valence-corrected chi connectivity index (χ2v) is 16.4. The zero-order chi connectivity index (χ0) is 39.9. The molecule has 1 heterocycles. The Morgan fingerprint density at radius 2 is 0.950 bits per heavy atom. The first kappa shape index (κ1) is 35.8. The van der Waals surface area contributed by atoms with Crippen molar-refractivity contribution in [3.63, 3.8) is 0 Å². The van der Waals surface area contributed by atoms with Crippen LogP contribution in [0, 0.1) is 0 Å². The van der Waals surface area contributed by atoms with E-state index in [1.165, 1.54) is 60.1 Å². The number of nitrogens with zero attached hydrogens (tertiary/aromatic N) is 2. The maximum absolute atomic E-state index is 2.40. The maximum Gasteiger partial charge on any atom is 0.0713 e. The summed E-state index contributed by atoms with van der Waals surface area (Å²) in [5, 5.41) is 0. The summed E-state index contributed by atoms with van der Waals surface area (Å²) in [7, 11) is 0. The van der Waals surface area contributed by atoms with Crippen LogP contribution in [0.2, 0.25) is 0 Å². The van der Waals surface area contributed by atoms with Gasteiger partial charge in [-0.25, -0.2) is 0 Å². The highest BCUT2D eigenvalue weighted by molar-refractivity contribution is 7.99. The van der Waals surface area contributed by atoms with Crippen LogP contribution in [-0.4, -0.2) is 0 Å². The minimum Gasteiger partial charge on any atom is -0.310 e. The van der Waals surface area contributed by atoms with Crippen LogP contribution in [-0.2, 0) is 5.41 Å². The van der Waals surface area contributed by atoms with Crippen molar-refractivity contribution in [2.24, 2.45) is 0 Å². The summed E-state index contributed by atoms with van der Waals surface area (Å²) in [4.78, 5) is 7.16. The normalized spacial score (nSPS) is 13.3. The molecule has 2 nitrogen and oxygen atoms in total. The molecule has 0 atom stereocenters. The van der Waals surface area contributed by atoms with E-state index in [4.69, 9.17) is 0 Å². The molecule has 284 valence electrons. The Bertz CT molecular complexity index is 2920. The van der Waals surface area contributed by atoms with Gasteiger partial charge in [0, 0.05) is 32.5 Å². The maximum atomic E-state index is 2.40. The van der Waals surface area contributed by atoms with Gasteiger partial charge in [0.15, 0.2) is 0 Å². The molecule has 0 amide bonds. The highest BCUT2D eigenvalue weighted by Crippen LogP contribution is 2.57. The number of hydrogen-bond donors (Lipinski definition) is 0. The molecule has 0 unspecified atom stereocenters. The number of rotatable bonds is 8. The van der Waals surface area contributed by atoms with Gasteiger partial charge >= 0.3 is 0 Å². The highest BCUT2D eigenvalue weighted by atomic mass is 32.2. The van der Waals surface area contributed by atoms with Crippen LogP contribution in [0.5, 0.6) is 0 Å². The van der Waals surface area contributed by atoms with E-state index in [2.05, 4.69) is 252 Å². The first-order chi connectivity index (χ1) is 29.8. The number of para-hydroxylation sites is 3. The van der Waals surface area contributed by atoms with Gasteiger partial charge in [0.25, 0.3) is 0 Å². The second kappa shape index (κ2) is 15.1. The Morgan fingerprint density at radius 1 is 0.417 bits per heavy atom. The lowest BCUT2D eigenvalue weighted by Crippen LogP contribution is -2.28. The fourth-order valence-corrected chi connectivity index (χ4v) is 10.5. The summed E-state index contributed by atoms with van der Waals surface area (Å²) in [6.45, 7) is 0. The number of anilines is 6. The summed E-state index contributed by atoms with van der Waals surface area (Å²) < 4.78 is 0. The van der Waals surface area contributed by atoms with Crippen LogP contribution in [0.15, 0.2) is 240 Å². The molecule has 0 spiro atoms. The van der Waals surface area contributed by atoms with Crippen molar-refractivity contribution < 1.29 is 0 Å². The van der Waals surface area contributed by atoms with E-state index in [-0.39, 0.29) is 0 Å². The largest absolute Gasteiger partial charge is 0.310 e. The molecule has 0 N–H and O–H groups in total. The fourth-order valence-electron chi connectivity index (χ4n) is 9.36. The molecular weight excluding hydrogens is 745 g/mol. The molecule has 11 rings (SSSR count). The van der Waals surface area contributed by atoms with Crippen molar-refractivity contribution in [3.8, 4) is 11.1 Å². The van der Waals surface area contributed by atoms with E-state index in [1.54, 1.807) is 0 Å². The lowest BCUT2D eigenvalue weighted by atomic mass is 9.67. The molecule has 0 bridgehead atoms. The van der Waals surface area contributed by atoms with Crippen LogP contribution >= 0.6 is 11.8 Å². The smallest absolute Gasteiger partial charge is 0.0713 e. The molecule has 2 aliphatic rings. The second-order valence-electron chi connectivity index (χ2n) is 15.3. The van der Waals surface area contributed by atoms with Gasteiger partial charge in [0.05, 0.1) is 16.8 Å². The van der Waals surface area contributed by atoms with Crippen LogP contribution in [0.3, 0.4) is 0 Å². The molecule has 60 heavy (non-hydrogen) atoms. The van der Waals surface area contributed by atoms with Crippen molar-refractivity contribution in [2.45, 2.75) is 15.2 Å². The molecule has 0 saturated carbocycles. The summed E-state index contributed by atoms with van der Waals surface area (Å²) in [6, 6.07) is 83.6. The monoisotopic (exact) mass is 784 g/mol. The zero-order valence-electron chi connectivity index (χ0n) is 32.9. The molecule has 1 aliphatic carbocycles. The molecule has 0 saturated heterocycles. The number of benzene rings is 9. The zero-order valence-corrected chi connectivity index (χ0v) is 33.7. The van der Waals surface area contributed by atoms with Gasteiger partial charge in [-0.3, -0.25) is 0 Å². The van der Waals surface area contributed by atoms with Crippen molar-refractivity contribution in [2.75, 3.05) is 9.80 Å². The molecular formula is C57H40N2S. The molecule has 3 heteroatoms. The van der Waals surface area contributed by atoms with Crippen molar-refractivity contribution in [3.05, 3.63) is 264 Å². The van der Waals surface area contributed by atoms with E-state index in [0.29, 0.717) is 0 Å². The lowest BCUT2D eigenvalue weighted by molar-refractivity contribution is 0.768. The molecule has 9 aromatic carbocycles. The summed E-state index contributed by atoms with van der Waals surface area (Å²) in [5.74, 6) is 0. The minimum atomic E-state index is -0.426. The topological polar surface area (TPSA) is 6.48 Å². The van der Waals surface area contributed by atoms with Crippen LogP contribution < -0.4 is 9.80 Å². The van der Waals surface area contributed by atoms with Gasteiger partial charge in [0.2, 0.25) is 0 Å². The van der Waals surface area contributed by atoms with Crippen LogP contribution in [0.25, 0.3) is 23.3 Å². The van der Waals surface area contributed by atoms with Gasteiger partial charge in [0.1, 0.15) is 0 Å². The Labute approximate surface area is 356 Å². The van der Waals surface area contributed by atoms with Gasteiger partial charge in [-0.2, -0.15) is 0 Å². The van der Waals surface area contributed by atoms with E-state index >= 15 is 0 Å². The van der Waals surface area contributed by atoms with Crippen molar-refractivity contribution in [1.29, 1.82) is 0 Å². The predicted molar refractivity (Wildman–Crippen MR) is 253 cm³/mol. The Hall–Kier alpha value is -7.33. The van der Waals surface area contributed by atoms with Gasteiger partial charge in [-0.15, -0.1) is 0 Å². The molecule has 0 aromatic heterocycles. The standard InChI is InChI=1S/C57H40N2S/c1-6-20-43(21-7-1)57(44-22-8-2-9-23-44)50-31-17-16-30-49(50)56-42(19-18-32-51(56)57)35-33-41-34-37-52-54(39-41)60-55-40-48(36-38-53(55)59(52)47-28-14-5-15-29-47)58(45-24-10-3-11-25-45)46-26-12-4-13-27-46/h1-40H. The molecule has 1 aliphatic heterocycles. The fraction of sp³-hybridized carbons (Fsp3) is 0.0175. The van der Waals surface area contributed by atoms with E-state index in [9.17, 15) is 0 Å². The minimum absolute atomic E-state index is 0.426. The van der Waals surface area contributed by atoms with Gasteiger partial charge in [-0.05, 0) is 111 Å². The first-order valence-corrected chi connectivity index (χ1v) is 21.3. The number of hydrogen-bond acceptors (Lipinski definition) is 3. The highest BCUT2D eigenvalue weighted by Gasteiger charge is 2.46. The summed E-state index contributed by atoms with van der Waals surface area (Å²) in [6.07, 6.45) is 4.60. The summed E-state index contributed by atoms with van der Waals surface area (Å²) in [5.41, 5.74) is 16.6. The van der Waals surface area contributed by atoms with Crippen LogP contribution in [0.4, 0.5) is 34.1 Å². The Balaban J connectivity index is 1.01. The van der Waals surface area contributed by atoms with Crippen molar-refractivity contribution in [1.82, 2.24) is 0 Å². The van der Waals surface area contributed by atoms with E-state index in [0.717, 1.165) is 28.3 Å². The third-order valence-electron chi connectivity index (χ3n) is 11.9. The van der Waals surface area contributed by atoms with Crippen molar-refractivity contribution >= 4 is 58.0 Å². The van der Waals surface area contributed by atoms with E-state index < -0.39 is 5.41 Å². The van der Waals surface area contributed by atoms with Crippen LogP contribution in [0.1, 0.15) is 33.4 Å². The average Bonchev–Trinajstić information content (AvgIpc) is 3.63. The lowest BCUT2D eigenvalue weighted by Gasteiger charge is -2.34. The number of fused-ring (bicyclic) bond motifs is 5. The Kier molecular flexibility index (Phi) is 9.02. The SMILES string of the molecule is C(=Cc1cccc2c1-c1ccccc1C2(c1ccccc1)c1ccccc1)c1ccc2c(c1)Sc1cc(N(c3ccccc3)c3ccccc3)ccc1N2c1ccccc1. The van der Waals surface area contributed by atoms with Gasteiger partial charge < -0.3 is 9.80 Å². The third kappa shape index (κ3) is 5.97. The molecule has 0 fully saturated rings. The molecule has 0 radical (unpaired) electrons. The predicted octanol–water partition coefficient (Wildman–Crippen LogP) is 15.6. The molecule has 9 aromatic rings. The Morgan fingerprint density at radius 3 is 1.60 bits per heavy atom. The van der Waals surface area contributed by atoms with Gasteiger partial charge in [-0.1, -0.05) is 188 Å².